The summed E-state index contributed by atoms with van der Waals surface area (Å²) in [6.45, 7) is 5.94. The molecule has 1 N–H and O–H groups in total. The summed E-state index contributed by atoms with van der Waals surface area (Å²) in [5.41, 5.74) is 2.00. The molecule has 1 atom stereocenters. The van der Waals surface area contributed by atoms with Crippen LogP contribution in [0.4, 0.5) is 5.82 Å². The van der Waals surface area contributed by atoms with Crippen LogP contribution in [0.2, 0.25) is 0 Å². The van der Waals surface area contributed by atoms with E-state index < -0.39 is 0 Å². The van der Waals surface area contributed by atoms with Gasteiger partial charge in [-0.3, -0.25) is 4.79 Å². The molecule has 0 spiro atoms. The summed E-state index contributed by atoms with van der Waals surface area (Å²) in [7, 11) is 0. The first kappa shape index (κ1) is 15.6. The molecule has 6 heteroatoms. The van der Waals surface area contributed by atoms with Crippen molar-refractivity contribution >= 4 is 5.82 Å². The number of rotatable bonds is 4. The van der Waals surface area contributed by atoms with Crippen molar-refractivity contribution in [3.63, 3.8) is 0 Å². The fourth-order valence-electron chi connectivity index (χ4n) is 3.22. The SMILES string of the molecule is CCCc1cnc(C)nc1N1CCCC(c2cc(=O)[nH]cn2)C1. The number of anilines is 1. The highest BCUT2D eigenvalue weighted by molar-refractivity contribution is 5.47. The van der Waals surface area contributed by atoms with E-state index in [1.54, 1.807) is 6.07 Å². The van der Waals surface area contributed by atoms with Gasteiger partial charge in [0.25, 0.3) is 5.56 Å². The molecular weight excluding hydrogens is 290 g/mol. The zero-order chi connectivity index (χ0) is 16.2. The minimum absolute atomic E-state index is 0.0864. The quantitative estimate of drug-likeness (QED) is 0.936. The molecule has 2 aromatic heterocycles. The number of piperidine rings is 1. The van der Waals surface area contributed by atoms with E-state index in [-0.39, 0.29) is 11.5 Å². The summed E-state index contributed by atoms with van der Waals surface area (Å²) >= 11 is 0. The predicted octanol–water partition coefficient (Wildman–Crippen LogP) is 2.20. The van der Waals surface area contributed by atoms with Crippen molar-refractivity contribution in [1.29, 1.82) is 0 Å². The highest BCUT2D eigenvalue weighted by Gasteiger charge is 2.25. The van der Waals surface area contributed by atoms with Crippen molar-refractivity contribution in [1.82, 2.24) is 19.9 Å². The molecular formula is C17H23N5O. The Morgan fingerprint density at radius 2 is 2.26 bits per heavy atom. The molecule has 3 rings (SSSR count). The monoisotopic (exact) mass is 313 g/mol. The standard InChI is InChI=1S/C17H23N5O/c1-3-5-13-9-18-12(2)21-17(13)22-7-4-6-14(10-22)15-8-16(23)20-11-19-15/h8-9,11,14H,3-7,10H2,1-2H3,(H,19,20,23). The fourth-order valence-corrected chi connectivity index (χ4v) is 3.22. The van der Waals surface area contributed by atoms with Crippen LogP contribution in [0.15, 0.2) is 23.4 Å². The van der Waals surface area contributed by atoms with Crippen molar-refractivity contribution in [2.24, 2.45) is 0 Å². The van der Waals surface area contributed by atoms with E-state index in [9.17, 15) is 4.79 Å². The Bertz CT molecular complexity index is 727. The lowest BCUT2D eigenvalue weighted by Crippen LogP contribution is -2.36. The molecule has 0 aromatic carbocycles. The average Bonchev–Trinajstić information content (AvgIpc) is 2.57. The third-order valence-electron chi connectivity index (χ3n) is 4.32. The largest absolute Gasteiger partial charge is 0.356 e. The molecule has 1 aliphatic heterocycles. The second-order valence-corrected chi connectivity index (χ2v) is 6.14. The molecule has 3 heterocycles. The van der Waals surface area contributed by atoms with Crippen LogP contribution in [0.3, 0.4) is 0 Å². The second-order valence-electron chi connectivity index (χ2n) is 6.14. The predicted molar refractivity (Wildman–Crippen MR) is 89.8 cm³/mol. The first-order valence-corrected chi connectivity index (χ1v) is 8.29. The number of nitrogens with zero attached hydrogens (tertiary/aromatic N) is 4. The molecule has 1 saturated heterocycles. The van der Waals surface area contributed by atoms with Gasteiger partial charge < -0.3 is 9.88 Å². The number of hydrogen-bond acceptors (Lipinski definition) is 5. The van der Waals surface area contributed by atoms with E-state index >= 15 is 0 Å². The molecule has 1 fully saturated rings. The Morgan fingerprint density at radius 3 is 3.04 bits per heavy atom. The van der Waals surface area contributed by atoms with E-state index in [1.807, 2.05) is 13.1 Å². The van der Waals surface area contributed by atoms with Crippen LogP contribution in [-0.2, 0) is 6.42 Å². The van der Waals surface area contributed by atoms with Crippen LogP contribution in [-0.4, -0.2) is 33.0 Å². The molecule has 6 nitrogen and oxygen atoms in total. The lowest BCUT2D eigenvalue weighted by molar-refractivity contribution is 0.495. The van der Waals surface area contributed by atoms with Crippen molar-refractivity contribution in [2.75, 3.05) is 18.0 Å². The zero-order valence-electron chi connectivity index (χ0n) is 13.7. The highest BCUT2D eigenvalue weighted by atomic mass is 16.1. The number of nitrogens with one attached hydrogen (secondary N) is 1. The molecule has 0 radical (unpaired) electrons. The fraction of sp³-hybridized carbons (Fsp3) is 0.529. The highest BCUT2D eigenvalue weighted by Crippen LogP contribution is 2.29. The summed E-state index contributed by atoms with van der Waals surface area (Å²) in [4.78, 5) is 29.8. The molecule has 1 unspecified atom stereocenters. The zero-order valence-corrected chi connectivity index (χ0v) is 13.7. The Balaban J connectivity index is 1.86. The van der Waals surface area contributed by atoms with E-state index in [0.29, 0.717) is 0 Å². The van der Waals surface area contributed by atoms with Crippen LogP contribution in [0.1, 0.15) is 49.2 Å². The summed E-state index contributed by atoms with van der Waals surface area (Å²) in [6, 6.07) is 1.62. The van der Waals surface area contributed by atoms with Gasteiger partial charge in [-0.15, -0.1) is 0 Å². The van der Waals surface area contributed by atoms with Gasteiger partial charge in [0.2, 0.25) is 0 Å². The third-order valence-corrected chi connectivity index (χ3v) is 4.32. The molecule has 0 saturated carbocycles. The van der Waals surface area contributed by atoms with Gasteiger partial charge in [-0.05, 0) is 26.2 Å². The molecule has 0 amide bonds. The van der Waals surface area contributed by atoms with E-state index in [4.69, 9.17) is 0 Å². The van der Waals surface area contributed by atoms with Crippen molar-refractivity contribution in [3.05, 3.63) is 46.0 Å². The Morgan fingerprint density at radius 1 is 1.39 bits per heavy atom. The smallest absolute Gasteiger partial charge is 0.250 e. The average molecular weight is 313 g/mol. The van der Waals surface area contributed by atoms with Gasteiger partial charge in [-0.2, -0.15) is 0 Å². The Labute approximate surface area is 136 Å². The lowest BCUT2D eigenvalue weighted by atomic mass is 9.94. The van der Waals surface area contributed by atoms with Crippen molar-refractivity contribution < 1.29 is 0 Å². The molecule has 0 aliphatic carbocycles. The summed E-state index contributed by atoms with van der Waals surface area (Å²) in [5.74, 6) is 2.13. The minimum atomic E-state index is -0.0864. The number of H-pyrrole nitrogens is 1. The van der Waals surface area contributed by atoms with Gasteiger partial charge in [0, 0.05) is 36.8 Å². The van der Waals surface area contributed by atoms with Crippen LogP contribution >= 0.6 is 0 Å². The van der Waals surface area contributed by atoms with Gasteiger partial charge >= 0.3 is 0 Å². The summed E-state index contributed by atoms with van der Waals surface area (Å²) < 4.78 is 0. The lowest BCUT2D eigenvalue weighted by Gasteiger charge is -2.34. The maximum Gasteiger partial charge on any atom is 0.250 e. The second kappa shape index (κ2) is 6.89. The first-order valence-electron chi connectivity index (χ1n) is 8.29. The molecule has 2 aromatic rings. The number of aromatic nitrogens is 4. The number of aromatic amines is 1. The Hall–Kier alpha value is -2.24. The molecule has 23 heavy (non-hydrogen) atoms. The number of hydrogen-bond donors (Lipinski definition) is 1. The van der Waals surface area contributed by atoms with Gasteiger partial charge in [0.15, 0.2) is 0 Å². The maximum atomic E-state index is 11.5. The summed E-state index contributed by atoms with van der Waals surface area (Å²) in [6.07, 6.45) is 7.64. The third kappa shape index (κ3) is 3.57. The van der Waals surface area contributed by atoms with Crippen molar-refractivity contribution in [3.8, 4) is 0 Å². The number of aryl methyl sites for hydroxylation is 2. The van der Waals surface area contributed by atoms with E-state index in [0.717, 1.165) is 56.1 Å². The summed E-state index contributed by atoms with van der Waals surface area (Å²) in [5, 5.41) is 0. The van der Waals surface area contributed by atoms with Crippen LogP contribution in [0.5, 0.6) is 0 Å². The van der Waals surface area contributed by atoms with E-state index in [1.165, 1.54) is 11.9 Å². The molecule has 0 bridgehead atoms. The minimum Gasteiger partial charge on any atom is -0.356 e. The van der Waals surface area contributed by atoms with Gasteiger partial charge in [-0.25, -0.2) is 15.0 Å². The maximum absolute atomic E-state index is 11.5. The Kier molecular flexibility index (Phi) is 4.69. The topological polar surface area (TPSA) is 74.8 Å². The normalized spacial score (nSPS) is 18.2. The van der Waals surface area contributed by atoms with Gasteiger partial charge in [0.05, 0.1) is 12.0 Å². The van der Waals surface area contributed by atoms with Crippen LogP contribution in [0.25, 0.3) is 0 Å². The van der Waals surface area contributed by atoms with Crippen LogP contribution < -0.4 is 10.5 Å². The van der Waals surface area contributed by atoms with Crippen LogP contribution in [0, 0.1) is 6.92 Å². The van der Waals surface area contributed by atoms with Gasteiger partial charge in [0.1, 0.15) is 11.6 Å². The van der Waals surface area contributed by atoms with E-state index in [2.05, 4.69) is 31.8 Å². The molecule has 1 aliphatic rings. The van der Waals surface area contributed by atoms with Gasteiger partial charge in [-0.1, -0.05) is 13.3 Å². The van der Waals surface area contributed by atoms with Crippen molar-refractivity contribution in [2.45, 2.75) is 45.4 Å². The first-order chi connectivity index (χ1) is 11.2. The molecule has 122 valence electrons.